The molecule has 117 heavy (non-hydrogen) atoms. The van der Waals surface area contributed by atoms with Crippen LogP contribution < -0.4 is 9.47 Å². The Morgan fingerprint density at radius 2 is 0.615 bits per heavy atom. The number of carbonyl (C=O) groups excluding carboxylic acids is 1. The summed E-state index contributed by atoms with van der Waals surface area (Å²) in [6.07, 6.45) is 1.89. The van der Waals surface area contributed by atoms with E-state index in [0.717, 1.165) is 11.5 Å². The predicted octanol–water partition coefficient (Wildman–Crippen LogP) is 30.6. The molecule has 0 N–H and O–H groups in total. The number of hydrogen-bond acceptors (Lipinski definition) is 4. The standard InChI is InChI=1S/C55H40.C15H20O3.C14H14.C11H14.C9H12O.C9H12/c1-39-50(44-25-29-46(30-26-44)54-37-48(40-15-6-2-7-16-40)33-35-52(54)42-19-10-4-11-20-42)23-14-24-51(39)45-27-31-47(32-28-45)55-38-49(41-17-8-3-9-18-41)34-36-53(55)43-21-12-5-13-22-43;1-10(2)15(16)18-7-6-17-14-8-11(3)13(5)12(4)9-14;1-11-7-6-10-14(12(11)2)13-8-4-3-5-9-13;1-5-11-6-8(2)10(4)9(3)7-11;1-7-4-5-9(10-3)6-8(7)2;1-7-4-5-8(2)9(3)6-7/h2-38H,1H3;8-9H,1,6-7H2,2-5H3;3-10H,1-2H3;5-7H,1H2,2-4H3;4-6H,1-3H3;4-6H,1-3H3. The van der Waals surface area contributed by atoms with Crippen LogP contribution >= 0.6 is 0 Å². The summed E-state index contributed by atoms with van der Waals surface area (Å²) in [5, 5.41) is 0. The number of methoxy groups -OCH3 is 1. The first-order valence-corrected chi connectivity index (χ1v) is 40.3. The fraction of sp³-hybridized carbons (Fsp3) is 0.159. The van der Waals surface area contributed by atoms with Crippen LogP contribution in [0.15, 0.2) is 352 Å². The Hall–Kier alpha value is -13.2. The molecule has 0 heterocycles. The van der Waals surface area contributed by atoms with Gasteiger partial charge < -0.3 is 14.2 Å². The minimum atomic E-state index is -0.380. The molecule has 0 saturated heterocycles. The highest BCUT2D eigenvalue weighted by Gasteiger charge is 2.16. The molecule has 0 aromatic heterocycles. The summed E-state index contributed by atoms with van der Waals surface area (Å²) < 4.78 is 15.5. The Morgan fingerprint density at radius 3 is 1.00 bits per heavy atom. The summed E-state index contributed by atoms with van der Waals surface area (Å²) in [6, 6.07) is 119. The van der Waals surface area contributed by atoms with Gasteiger partial charge in [0.15, 0.2) is 0 Å². The molecule has 4 heteroatoms. The average molecular weight is 1530 g/mol. The molecule has 0 bridgehead atoms. The van der Waals surface area contributed by atoms with E-state index in [4.69, 9.17) is 14.2 Å². The van der Waals surface area contributed by atoms with Gasteiger partial charge in [-0.15, -0.1) is 0 Å². The Bertz CT molecular complexity index is 5560. The van der Waals surface area contributed by atoms with Crippen molar-refractivity contribution in [3.63, 3.8) is 0 Å². The maximum atomic E-state index is 11.1. The molecule has 0 aliphatic carbocycles. The van der Waals surface area contributed by atoms with Crippen LogP contribution in [0, 0.1) is 96.9 Å². The summed E-state index contributed by atoms with van der Waals surface area (Å²) in [6.45, 7) is 39.2. The number of ether oxygens (including phenoxy) is 3. The second kappa shape index (κ2) is 42.3. The zero-order valence-corrected chi connectivity index (χ0v) is 71.3. The van der Waals surface area contributed by atoms with Gasteiger partial charge in [-0.25, -0.2) is 4.79 Å². The van der Waals surface area contributed by atoms with E-state index in [0.29, 0.717) is 12.2 Å². The fourth-order valence-electron chi connectivity index (χ4n) is 13.9. The summed E-state index contributed by atoms with van der Waals surface area (Å²) in [5.41, 5.74) is 42.3. The van der Waals surface area contributed by atoms with Crippen LogP contribution in [0.1, 0.15) is 90.4 Å². The summed E-state index contributed by atoms with van der Waals surface area (Å²) in [5.74, 6) is 1.36. The van der Waals surface area contributed by atoms with Crippen LogP contribution in [-0.2, 0) is 9.53 Å². The predicted molar refractivity (Wildman–Crippen MR) is 502 cm³/mol. The number of benzene rings is 15. The maximum Gasteiger partial charge on any atom is 0.333 e. The van der Waals surface area contributed by atoms with Crippen molar-refractivity contribution in [1.29, 1.82) is 0 Å². The van der Waals surface area contributed by atoms with Crippen molar-refractivity contribution in [3.05, 3.63) is 436 Å². The van der Waals surface area contributed by atoms with Crippen LogP contribution in [0.5, 0.6) is 11.5 Å². The normalized spacial score (nSPS) is 10.4. The van der Waals surface area contributed by atoms with Gasteiger partial charge in [0.1, 0.15) is 24.7 Å². The number of rotatable bonds is 16. The molecule has 0 spiro atoms. The molecule has 15 aromatic carbocycles. The van der Waals surface area contributed by atoms with Gasteiger partial charge in [0.05, 0.1) is 7.11 Å². The van der Waals surface area contributed by atoms with E-state index in [2.05, 4.69) is 419 Å². The van der Waals surface area contributed by atoms with Gasteiger partial charge in [0, 0.05) is 5.57 Å². The third kappa shape index (κ3) is 23.8. The number of esters is 1. The van der Waals surface area contributed by atoms with Gasteiger partial charge in [0.2, 0.25) is 0 Å². The third-order valence-corrected chi connectivity index (χ3v) is 21.9. The first-order chi connectivity index (χ1) is 56.5. The van der Waals surface area contributed by atoms with Crippen molar-refractivity contribution in [2.24, 2.45) is 0 Å². The van der Waals surface area contributed by atoms with E-state index < -0.39 is 0 Å². The van der Waals surface area contributed by atoms with E-state index in [1.807, 2.05) is 30.3 Å². The lowest BCUT2D eigenvalue weighted by atomic mass is 9.88. The number of carbonyl (C=O) groups is 1. The minimum absolute atomic E-state index is 0.234. The Kier molecular flexibility index (Phi) is 31.2. The molecule has 588 valence electrons. The topological polar surface area (TPSA) is 44.8 Å². The van der Waals surface area contributed by atoms with Crippen molar-refractivity contribution in [3.8, 4) is 112 Å². The van der Waals surface area contributed by atoms with Gasteiger partial charge in [0.25, 0.3) is 0 Å². The van der Waals surface area contributed by atoms with Crippen molar-refractivity contribution < 1.29 is 19.0 Å². The van der Waals surface area contributed by atoms with Crippen molar-refractivity contribution in [2.75, 3.05) is 20.3 Å². The first-order valence-electron chi connectivity index (χ1n) is 40.3. The molecular weight excluding hydrogens is 1420 g/mol. The molecule has 0 amide bonds. The van der Waals surface area contributed by atoms with Gasteiger partial charge >= 0.3 is 5.97 Å². The zero-order valence-electron chi connectivity index (χ0n) is 71.3. The lowest BCUT2D eigenvalue weighted by Gasteiger charge is -2.16. The van der Waals surface area contributed by atoms with Gasteiger partial charge in [-0.2, -0.15) is 0 Å². The molecule has 0 fully saturated rings. The first kappa shape index (κ1) is 86.3. The molecule has 0 aliphatic heterocycles. The van der Waals surface area contributed by atoms with E-state index in [1.165, 1.54) is 184 Å². The van der Waals surface area contributed by atoms with Crippen LogP contribution in [0.25, 0.3) is 106 Å². The van der Waals surface area contributed by atoms with Crippen LogP contribution in [0.3, 0.4) is 0 Å². The molecular formula is C113H112O4. The monoisotopic (exact) mass is 1530 g/mol. The second-order valence-corrected chi connectivity index (χ2v) is 30.2. The molecule has 0 saturated carbocycles. The average Bonchev–Trinajstić information content (AvgIpc) is 0.786. The Labute approximate surface area is 698 Å². The van der Waals surface area contributed by atoms with E-state index in [9.17, 15) is 4.79 Å². The zero-order chi connectivity index (χ0) is 83.5. The molecule has 4 nitrogen and oxygen atoms in total. The summed E-state index contributed by atoms with van der Waals surface area (Å²) >= 11 is 0. The molecule has 15 rings (SSSR count). The summed E-state index contributed by atoms with van der Waals surface area (Å²) in [4.78, 5) is 11.1. The maximum absolute atomic E-state index is 11.1. The highest BCUT2D eigenvalue weighted by Crippen LogP contribution is 2.41. The van der Waals surface area contributed by atoms with Crippen molar-refractivity contribution >= 4 is 12.0 Å². The quantitative estimate of drug-likeness (QED) is 0.0549. The molecule has 15 aromatic rings. The van der Waals surface area contributed by atoms with Crippen molar-refractivity contribution in [2.45, 2.75) is 104 Å². The van der Waals surface area contributed by atoms with Crippen LogP contribution in [0.2, 0.25) is 0 Å². The van der Waals surface area contributed by atoms with E-state index >= 15 is 0 Å². The van der Waals surface area contributed by atoms with E-state index in [-0.39, 0.29) is 12.6 Å². The second-order valence-electron chi connectivity index (χ2n) is 30.2. The number of aryl methyl sites for hydroxylation is 10. The van der Waals surface area contributed by atoms with Gasteiger partial charge in [-0.05, 0) is 318 Å². The SMILES string of the molecule is C=C(C)C(=O)OCCOc1cc(C)c(C)c(C)c1.C=Cc1cc(C)c(C)c(C)c1.COc1ccc(C)c(C)c1.Cc1c(-c2ccc(-c3cc(-c4ccccc4)ccc3-c3ccccc3)cc2)cccc1-c1ccc(-c2cc(-c3ccccc3)ccc2-c2ccccc2)cc1.Cc1ccc(C)c(C)c1.Cc1cccc(-c2ccccc2)c1C. The van der Waals surface area contributed by atoms with E-state index in [1.54, 1.807) is 14.0 Å². The van der Waals surface area contributed by atoms with Gasteiger partial charge in [-0.3, -0.25) is 0 Å². The molecule has 0 atom stereocenters. The molecule has 0 unspecified atom stereocenters. The highest BCUT2D eigenvalue weighted by atomic mass is 16.6. The fourth-order valence-corrected chi connectivity index (χ4v) is 13.9. The molecule has 0 radical (unpaired) electrons. The lowest BCUT2D eigenvalue weighted by Crippen LogP contribution is -2.12. The smallest absolute Gasteiger partial charge is 0.333 e. The van der Waals surface area contributed by atoms with Crippen molar-refractivity contribution in [1.82, 2.24) is 0 Å². The lowest BCUT2D eigenvalue weighted by molar-refractivity contribution is -0.139. The van der Waals surface area contributed by atoms with Gasteiger partial charge in [-0.1, -0.05) is 322 Å². The van der Waals surface area contributed by atoms with Crippen LogP contribution in [-0.4, -0.2) is 26.3 Å². The van der Waals surface area contributed by atoms with Crippen LogP contribution in [0.4, 0.5) is 0 Å². The molecule has 0 aliphatic rings. The minimum Gasteiger partial charge on any atom is -0.497 e. The summed E-state index contributed by atoms with van der Waals surface area (Å²) in [7, 11) is 1.68. The third-order valence-electron chi connectivity index (χ3n) is 21.9. The Morgan fingerprint density at radius 1 is 0.274 bits per heavy atom. The highest BCUT2D eigenvalue weighted by molar-refractivity contribution is 5.91. The largest absolute Gasteiger partial charge is 0.497 e. The Balaban J connectivity index is 0.000000186. The number of hydrogen-bond donors (Lipinski definition) is 0.